The molecule has 2 aromatic carbocycles. The number of benzene rings is 2. The first-order valence-corrected chi connectivity index (χ1v) is 9.83. The average Bonchev–Trinajstić information content (AvgIpc) is 3.13. The Hall–Kier alpha value is -2.11. The van der Waals surface area contributed by atoms with Crippen LogP contribution in [0.15, 0.2) is 42.5 Å². The van der Waals surface area contributed by atoms with E-state index >= 15 is 0 Å². The largest absolute Gasteiger partial charge is 0.497 e. The number of methoxy groups -OCH3 is 1. The van der Waals surface area contributed by atoms with Crippen molar-refractivity contribution in [2.75, 3.05) is 25.6 Å². The van der Waals surface area contributed by atoms with Crippen molar-refractivity contribution in [2.24, 2.45) is 0 Å². The molecule has 0 aliphatic carbocycles. The predicted octanol–water partition coefficient (Wildman–Crippen LogP) is 4.69. The van der Waals surface area contributed by atoms with E-state index < -0.39 is 0 Å². The number of hydrogen-bond acceptors (Lipinski definition) is 3. The van der Waals surface area contributed by atoms with Gasteiger partial charge in [-0.05, 0) is 79.9 Å². The molecule has 0 radical (unpaired) electrons. The van der Waals surface area contributed by atoms with E-state index in [9.17, 15) is 0 Å². The van der Waals surface area contributed by atoms with Gasteiger partial charge in [0.1, 0.15) is 5.75 Å². The van der Waals surface area contributed by atoms with Crippen molar-refractivity contribution < 1.29 is 9.47 Å². The molecule has 1 fully saturated rings. The summed E-state index contributed by atoms with van der Waals surface area (Å²) in [5, 5.41) is 4.14. The fourth-order valence-corrected chi connectivity index (χ4v) is 3.75. The molecule has 1 saturated heterocycles. The number of nitrogens with zero attached hydrogens (tertiary/aromatic N) is 1. The van der Waals surface area contributed by atoms with Crippen LogP contribution in [0.1, 0.15) is 29.5 Å². The summed E-state index contributed by atoms with van der Waals surface area (Å²) in [6.07, 6.45) is 2.44. The number of anilines is 1. The zero-order valence-electron chi connectivity index (χ0n) is 16.3. The fraction of sp³-hybridized carbons (Fsp3) is 0.409. The van der Waals surface area contributed by atoms with E-state index in [1.165, 1.54) is 11.1 Å². The molecule has 4 nitrogen and oxygen atoms in total. The summed E-state index contributed by atoms with van der Waals surface area (Å²) in [5.41, 5.74) is 4.63. The summed E-state index contributed by atoms with van der Waals surface area (Å²) in [5.74, 6) is 0.859. The number of rotatable bonds is 6. The van der Waals surface area contributed by atoms with Gasteiger partial charge in [-0.1, -0.05) is 18.2 Å². The smallest absolute Gasteiger partial charge is 0.173 e. The molecule has 0 saturated carbocycles. The van der Waals surface area contributed by atoms with Crippen LogP contribution in [0.4, 0.5) is 5.69 Å². The molecular formula is C22H28N2O2S. The maximum Gasteiger partial charge on any atom is 0.173 e. The average molecular weight is 385 g/mol. The van der Waals surface area contributed by atoms with Crippen LogP contribution in [0.2, 0.25) is 0 Å². The third-order valence-corrected chi connectivity index (χ3v) is 5.08. The Morgan fingerprint density at radius 2 is 2.00 bits per heavy atom. The Morgan fingerprint density at radius 1 is 1.22 bits per heavy atom. The molecule has 27 heavy (non-hydrogen) atoms. The van der Waals surface area contributed by atoms with Crippen molar-refractivity contribution in [3.05, 3.63) is 59.2 Å². The number of ether oxygens (including phenoxy) is 2. The second-order valence-corrected chi connectivity index (χ2v) is 7.56. The first-order chi connectivity index (χ1) is 13.0. The first-order valence-electron chi connectivity index (χ1n) is 9.42. The zero-order valence-corrected chi connectivity index (χ0v) is 17.1. The molecule has 1 atom stereocenters. The summed E-state index contributed by atoms with van der Waals surface area (Å²) >= 11 is 5.77. The van der Waals surface area contributed by atoms with Crippen LogP contribution in [0.25, 0.3) is 0 Å². The molecule has 0 bridgehead atoms. The van der Waals surface area contributed by atoms with E-state index in [1.54, 1.807) is 7.11 Å². The zero-order chi connectivity index (χ0) is 19.2. The van der Waals surface area contributed by atoms with Gasteiger partial charge in [-0.15, -0.1) is 0 Å². The van der Waals surface area contributed by atoms with Crippen molar-refractivity contribution in [2.45, 2.75) is 39.3 Å². The Balaban J connectivity index is 1.76. The minimum absolute atomic E-state index is 0.231. The highest BCUT2D eigenvalue weighted by atomic mass is 32.1. The lowest BCUT2D eigenvalue weighted by atomic mass is 10.1. The van der Waals surface area contributed by atoms with Crippen LogP contribution in [-0.4, -0.2) is 36.4 Å². The van der Waals surface area contributed by atoms with Gasteiger partial charge in [0.2, 0.25) is 0 Å². The topological polar surface area (TPSA) is 33.7 Å². The van der Waals surface area contributed by atoms with Crippen LogP contribution in [0.3, 0.4) is 0 Å². The highest BCUT2D eigenvalue weighted by Gasteiger charge is 2.21. The lowest BCUT2D eigenvalue weighted by Gasteiger charge is -2.28. The van der Waals surface area contributed by atoms with Crippen LogP contribution < -0.4 is 10.1 Å². The Kier molecular flexibility index (Phi) is 6.69. The second-order valence-electron chi connectivity index (χ2n) is 7.17. The Morgan fingerprint density at radius 3 is 2.67 bits per heavy atom. The van der Waals surface area contributed by atoms with E-state index in [1.807, 2.05) is 12.1 Å². The van der Waals surface area contributed by atoms with Gasteiger partial charge < -0.3 is 19.7 Å². The van der Waals surface area contributed by atoms with E-state index in [-0.39, 0.29) is 6.10 Å². The fourth-order valence-electron chi connectivity index (χ4n) is 3.49. The normalized spacial score (nSPS) is 16.2. The maximum absolute atomic E-state index is 5.85. The summed E-state index contributed by atoms with van der Waals surface area (Å²) in [6.45, 7) is 6.54. The van der Waals surface area contributed by atoms with Crippen LogP contribution in [0.5, 0.6) is 5.75 Å². The number of thiocarbonyl (C=S) groups is 1. The lowest BCUT2D eigenvalue weighted by molar-refractivity contribution is 0.0905. The third kappa shape index (κ3) is 5.68. The van der Waals surface area contributed by atoms with E-state index in [4.69, 9.17) is 21.7 Å². The quantitative estimate of drug-likeness (QED) is 0.731. The maximum atomic E-state index is 5.85. The highest BCUT2D eigenvalue weighted by molar-refractivity contribution is 7.80. The Labute approximate surface area is 167 Å². The first kappa shape index (κ1) is 19.6. The summed E-state index contributed by atoms with van der Waals surface area (Å²) in [7, 11) is 1.69. The minimum atomic E-state index is 0.231. The van der Waals surface area contributed by atoms with Gasteiger partial charge in [0.05, 0.1) is 13.2 Å². The number of aryl methyl sites for hydroxylation is 2. The molecular weight excluding hydrogens is 356 g/mol. The van der Waals surface area contributed by atoms with Crippen molar-refractivity contribution in [3.63, 3.8) is 0 Å². The summed E-state index contributed by atoms with van der Waals surface area (Å²) < 4.78 is 11.2. The second kappa shape index (κ2) is 9.20. The molecule has 1 N–H and O–H groups in total. The van der Waals surface area contributed by atoms with Crippen LogP contribution in [0, 0.1) is 13.8 Å². The molecule has 0 amide bonds. The summed E-state index contributed by atoms with van der Waals surface area (Å²) in [6, 6.07) is 14.5. The minimum Gasteiger partial charge on any atom is -0.497 e. The number of nitrogens with one attached hydrogen (secondary N) is 1. The van der Waals surface area contributed by atoms with Crippen molar-refractivity contribution in [1.29, 1.82) is 0 Å². The molecule has 144 valence electrons. The van der Waals surface area contributed by atoms with E-state index in [0.717, 1.165) is 48.1 Å². The van der Waals surface area contributed by atoms with E-state index in [2.05, 4.69) is 54.4 Å². The van der Waals surface area contributed by atoms with Crippen LogP contribution >= 0.6 is 12.2 Å². The van der Waals surface area contributed by atoms with Gasteiger partial charge in [-0.25, -0.2) is 0 Å². The molecule has 0 aromatic heterocycles. The van der Waals surface area contributed by atoms with Gasteiger partial charge in [0.15, 0.2) is 5.11 Å². The Bertz CT molecular complexity index is 767. The van der Waals surface area contributed by atoms with Crippen molar-refractivity contribution in [1.82, 2.24) is 4.90 Å². The molecule has 1 aliphatic rings. The third-order valence-electron chi connectivity index (χ3n) is 4.72. The number of hydrogen-bond donors (Lipinski definition) is 1. The lowest BCUT2D eigenvalue weighted by Crippen LogP contribution is -2.39. The van der Waals surface area contributed by atoms with Crippen LogP contribution in [-0.2, 0) is 11.3 Å². The van der Waals surface area contributed by atoms with Gasteiger partial charge in [-0.3, -0.25) is 0 Å². The highest BCUT2D eigenvalue weighted by Crippen LogP contribution is 2.20. The molecule has 2 aromatic rings. The van der Waals surface area contributed by atoms with Crippen molar-refractivity contribution in [3.8, 4) is 5.75 Å². The standard InChI is InChI=1S/C22H28N2O2S/c1-16-10-17(2)12-19(11-16)23-22(27)24(15-21-8-5-9-26-21)14-18-6-4-7-20(13-18)25-3/h4,6-7,10-13,21H,5,8-9,14-15H2,1-3H3,(H,23,27). The molecule has 1 heterocycles. The molecule has 5 heteroatoms. The SMILES string of the molecule is COc1cccc(CN(CC2CCCO2)C(=S)Nc2cc(C)cc(C)c2)c1. The molecule has 0 spiro atoms. The molecule has 3 rings (SSSR count). The van der Waals surface area contributed by atoms with Gasteiger partial charge >= 0.3 is 0 Å². The van der Waals surface area contributed by atoms with Crippen molar-refractivity contribution >= 4 is 23.0 Å². The predicted molar refractivity (Wildman–Crippen MR) is 115 cm³/mol. The van der Waals surface area contributed by atoms with Gasteiger partial charge in [0, 0.05) is 25.4 Å². The summed E-state index contributed by atoms with van der Waals surface area (Å²) in [4.78, 5) is 2.19. The molecule has 1 aliphatic heterocycles. The monoisotopic (exact) mass is 384 g/mol. The van der Waals surface area contributed by atoms with Gasteiger partial charge in [0.25, 0.3) is 0 Å². The molecule has 1 unspecified atom stereocenters. The van der Waals surface area contributed by atoms with Gasteiger partial charge in [-0.2, -0.15) is 0 Å². The van der Waals surface area contributed by atoms with E-state index in [0.29, 0.717) is 6.54 Å².